The molecule has 0 bridgehead atoms. The Balaban J connectivity index is 3.05. The molecular formula is C15H26N4O4S. The summed E-state index contributed by atoms with van der Waals surface area (Å²) in [6.07, 6.45) is 4.83. The Kier molecular flexibility index (Phi) is 7.09. The van der Waals surface area contributed by atoms with Gasteiger partial charge in [0, 0.05) is 11.9 Å². The number of imidazole rings is 1. The minimum Gasteiger partial charge on any atom is -0.368 e. The first-order valence-corrected chi connectivity index (χ1v) is 9.69. The third-order valence-electron chi connectivity index (χ3n) is 4.00. The molecule has 0 aliphatic carbocycles. The van der Waals surface area contributed by atoms with Gasteiger partial charge in [-0.3, -0.25) is 9.59 Å². The number of hydrogen-bond acceptors (Lipinski definition) is 6. The molecule has 1 aromatic heterocycles. The van der Waals surface area contributed by atoms with Crippen molar-refractivity contribution < 1.29 is 18.0 Å². The Hall–Kier alpha value is -1.74. The lowest BCUT2D eigenvalue weighted by Crippen LogP contribution is -2.63. The van der Waals surface area contributed by atoms with Gasteiger partial charge in [-0.25, -0.2) is 13.4 Å². The van der Waals surface area contributed by atoms with Gasteiger partial charge in [0.05, 0.1) is 23.8 Å². The summed E-state index contributed by atoms with van der Waals surface area (Å²) in [4.78, 5) is 30.7. The second-order valence-corrected chi connectivity index (χ2v) is 8.30. The first-order chi connectivity index (χ1) is 11.2. The highest BCUT2D eigenvalue weighted by Gasteiger charge is 2.45. The molecule has 1 heterocycles. The molecule has 8 nitrogen and oxygen atoms in total. The van der Waals surface area contributed by atoms with E-state index in [1.807, 2.05) is 13.8 Å². The predicted molar refractivity (Wildman–Crippen MR) is 90.8 cm³/mol. The van der Waals surface area contributed by atoms with Crippen molar-refractivity contribution in [2.75, 3.05) is 5.75 Å². The van der Waals surface area contributed by atoms with Crippen molar-refractivity contribution in [1.29, 1.82) is 0 Å². The summed E-state index contributed by atoms with van der Waals surface area (Å²) in [6, 6.07) is 0. The molecule has 0 saturated heterocycles. The van der Waals surface area contributed by atoms with Gasteiger partial charge >= 0.3 is 0 Å². The summed E-state index contributed by atoms with van der Waals surface area (Å²) >= 11 is 0. The molecule has 0 fully saturated rings. The molecule has 0 aromatic carbocycles. The fourth-order valence-electron chi connectivity index (χ4n) is 2.58. The first-order valence-electron chi connectivity index (χ1n) is 7.98. The van der Waals surface area contributed by atoms with Crippen LogP contribution in [0.2, 0.25) is 0 Å². The molecule has 9 heteroatoms. The van der Waals surface area contributed by atoms with Crippen molar-refractivity contribution in [2.24, 2.45) is 11.5 Å². The summed E-state index contributed by atoms with van der Waals surface area (Å²) in [6.45, 7) is 3.76. The monoisotopic (exact) mass is 358 g/mol. The van der Waals surface area contributed by atoms with Gasteiger partial charge < -0.3 is 16.5 Å². The highest BCUT2D eigenvalue weighted by Crippen LogP contribution is 2.20. The summed E-state index contributed by atoms with van der Waals surface area (Å²) in [7, 11) is -3.75. The highest BCUT2D eigenvalue weighted by molar-refractivity contribution is 7.92. The van der Waals surface area contributed by atoms with E-state index in [4.69, 9.17) is 11.5 Å². The van der Waals surface area contributed by atoms with Crippen LogP contribution in [0.25, 0.3) is 0 Å². The summed E-state index contributed by atoms with van der Waals surface area (Å²) < 4.78 is 25.4. The molecule has 0 unspecified atom stereocenters. The predicted octanol–water partition coefficient (Wildman–Crippen LogP) is 0.0877. The molecule has 24 heavy (non-hydrogen) atoms. The van der Waals surface area contributed by atoms with Crippen LogP contribution in [-0.2, 0) is 25.8 Å². The molecule has 136 valence electrons. The zero-order valence-corrected chi connectivity index (χ0v) is 14.9. The number of nitrogens with two attached hydrogens (primary N) is 2. The van der Waals surface area contributed by atoms with E-state index in [1.54, 1.807) is 0 Å². The molecule has 0 radical (unpaired) electrons. The highest BCUT2D eigenvalue weighted by atomic mass is 32.2. The quantitative estimate of drug-likeness (QED) is 0.477. The fraction of sp³-hybridized carbons (Fsp3) is 0.667. The van der Waals surface area contributed by atoms with Crippen LogP contribution in [0.4, 0.5) is 0 Å². The zero-order chi connectivity index (χ0) is 18.4. The van der Waals surface area contributed by atoms with Crippen molar-refractivity contribution in [3.05, 3.63) is 18.2 Å². The molecular weight excluding hydrogens is 332 g/mol. The molecule has 0 aliphatic heterocycles. The normalized spacial score (nSPS) is 14.5. The van der Waals surface area contributed by atoms with Gasteiger partial charge in [-0.05, 0) is 12.8 Å². The number of nitrogens with zero attached hydrogens (tertiary/aromatic N) is 1. The van der Waals surface area contributed by atoms with E-state index in [0.717, 1.165) is 0 Å². The number of H-pyrrole nitrogens is 1. The van der Waals surface area contributed by atoms with Crippen LogP contribution < -0.4 is 11.5 Å². The number of amides is 1. The Morgan fingerprint density at radius 3 is 2.29 bits per heavy atom. The Bertz CT molecular complexity index is 651. The topological polar surface area (TPSA) is 149 Å². The van der Waals surface area contributed by atoms with E-state index in [9.17, 15) is 18.0 Å². The maximum absolute atomic E-state index is 12.7. The molecule has 1 atom stereocenters. The SMILES string of the molecule is CCCC(CCC)S(=O)(=O)C[C@](N)(C(N)=O)C(=O)Cc1cnc[nH]1. The first kappa shape index (κ1) is 20.3. The summed E-state index contributed by atoms with van der Waals surface area (Å²) in [5.74, 6) is -2.65. The van der Waals surface area contributed by atoms with E-state index in [-0.39, 0.29) is 6.42 Å². The van der Waals surface area contributed by atoms with Crippen LogP contribution in [-0.4, -0.2) is 46.6 Å². The second-order valence-electron chi connectivity index (χ2n) is 6.02. The largest absolute Gasteiger partial charge is 0.368 e. The van der Waals surface area contributed by atoms with Crippen LogP contribution in [0, 0.1) is 0 Å². The number of hydrogen-bond donors (Lipinski definition) is 3. The van der Waals surface area contributed by atoms with Crippen molar-refractivity contribution in [3.8, 4) is 0 Å². The number of sulfone groups is 1. The maximum Gasteiger partial charge on any atom is 0.246 e. The van der Waals surface area contributed by atoms with E-state index >= 15 is 0 Å². The lowest BCUT2D eigenvalue weighted by Gasteiger charge is -2.27. The van der Waals surface area contributed by atoms with Gasteiger partial charge in [0.25, 0.3) is 0 Å². The zero-order valence-electron chi connectivity index (χ0n) is 14.1. The number of primary amides is 1. The standard InChI is InChI=1S/C15H26N4O4S/c1-3-5-12(6-4-2)24(22,23)9-15(17,14(16)21)13(20)7-11-8-18-10-19-11/h8,10,12H,3-7,9,17H2,1-2H3,(H2,16,21)(H,18,19)/t15-/m1/s1. The lowest BCUT2D eigenvalue weighted by atomic mass is 9.93. The molecule has 1 rings (SSSR count). The number of nitrogens with one attached hydrogen (secondary N) is 1. The van der Waals surface area contributed by atoms with E-state index in [1.165, 1.54) is 12.5 Å². The van der Waals surface area contributed by atoms with E-state index in [0.29, 0.717) is 31.4 Å². The molecule has 1 amide bonds. The van der Waals surface area contributed by atoms with Crippen LogP contribution in [0.15, 0.2) is 12.5 Å². The minimum absolute atomic E-state index is 0.235. The van der Waals surface area contributed by atoms with Crippen LogP contribution in [0.5, 0.6) is 0 Å². The van der Waals surface area contributed by atoms with Crippen LogP contribution in [0.3, 0.4) is 0 Å². The summed E-state index contributed by atoms with van der Waals surface area (Å²) in [5, 5.41) is -0.630. The Morgan fingerprint density at radius 1 is 1.29 bits per heavy atom. The third kappa shape index (κ3) is 4.88. The number of Topliss-reactive ketones (excluding diaryl/α,β-unsaturated/α-hetero) is 1. The number of carbonyl (C=O) groups is 2. The average molecular weight is 358 g/mol. The van der Waals surface area contributed by atoms with E-state index < -0.39 is 38.1 Å². The number of aromatic amines is 1. The van der Waals surface area contributed by atoms with Gasteiger partial charge in [0.1, 0.15) is 0 Å². The number of rotatable bonds is 11. The second kappa shape index (κ2) is 8.39. The average Bonchev–Trinajstić information content (AvgIpc) is 2.99. The number of aromatic nitrogens is 2. The van der Waals surface area contributed by atoms with Crippen molar-refractivity contribution in [2.45, 2.75) is 56.7 Å². The smallest absolute Gasteiger partial charge is 0.246 e. The Morgan fingerprint density at radius 2 is 1.88 bits per heavy atom. The molecule has 1 aromatic rings. The van der Waals surface area contributed by atoms with Gasteiger partial charge in [0.2, 0.25) is 5.91 Å². The molecule has 0 spiro atoms. The van der Waals surface area contributed by atoms with Crippen LogP contribution >= 0.6 is 0 Å². The van der Waals surface area contributed by atoms with Crippen molar-refractivity contribution >= 4 is 21.5 Å². The minimum atomic E-state index is -3.75. The summed E-state index contributed by atoms with van der Waals surface area (Å²) in [5.41, 5.74) is 9.35. The van der Waals surface area contributed by atoms with Gasteiger partial charge in [0.15, 0.2) is 21.2 Å². The number of carbonyl (C=O) groups excluding carboxylic acids is 2. The van der Waals surface area contributed by atoms with Crippen LogP contribution in [0.1, 0.15) is 45.2 Å². The lowest BCUT2D eigenvalue weighted by molar-refractivity contribution is -0.132. The third-order valence-corrected chi connectivity index (χ3v) is 6.35. The number of ketones is 1. The van der Waals surface area contributed by atoms with Crippen molar-refractivity contribution in [1.82, 2.24) is 9.97 Å². The maximum atomic E-state index is 12.7. The molecule has 0 saturated carbocycles. The molecule has 0 aliphatic rings. The molecule has 5 N–H and O–H groups in total. The fourth-order valence-corrected chi connectivity index (χ4v) is 4.95. The van der Waals surface area contributed by atoms with Gasteiger partial charge in [-0.1, -0.05) is 26.7 Å². The van der Waals surface area contributed by atoms with Gasteiger partial charge in [-0.2, -0.15) is 0 Å². The van der Waals surface area contributed by atoms with E-state index in [2.05, 4.69) is 9.97 Å². The van der Waals surface area contributed by atoms with Gasteiger partial charge in [-0.15, -0.1) is 0 Å². The van der Waals surface area contributed by atoms with Crippen molar-refractivity contribution in [3.63, 3.8) is 0 Å². The Labute approximate surface area is 142 Å².